The Bertz CT molecular complexity index is 498. The molecule has 2 nitrogen and oxygen atoms in total. The number of hydrogen-bond acceptors (Lipinski definition) is 2. The number of nitrogens with one attached hydrogen (secondary N) is 1. The summed E-state index contributed by atoms with van der Waals surface area (Å²) in [7, 11) is 0. The Morgan fingerprint density at radius 1 is 0.826 bits per heavy atom. The van der Waals surface area contributed by atoms with E-state index in [4.69, 9.17) is 0 Å². The Labute approximate surface area is 141 Å². The summed E-state index contributed by atoms with van der Waals surface area (Å²) in [6, 6.07) is 11.2. The van der Waals surface area contributed by atoms with Gasteiger partial charge in [0.15, 0.2) is 0 Å². The molecule has 0 radical (unpaired) electrons. The van der Waals surface area contributed by atoms with Crippen molar-refractivity contribution in [3.63, 3.8) is 0 Å². The van der Waals surface area contributed by atoms with Gasteiger partial charge in [0, 0.05) is 30.7 Å². The van der Waals surface area contributed by atoms with E-state index in [0.717, 1.165) is 6.54 Å². The molecule has 3 aliphatic rings. The molecule has 2 heteroatoms. The lowest BCUT2D eigenvalue weighted by atomic mass is 9.72. The Morgan fingerprint density at radius 3 is 2.17 bits per heavy atom. The van der Waals surface area contributed by atoms with E-state index in [1.54, 1.807) is 0 Å². The zero-order valence-electron chi connectivity index (χ0n) is 14.5. The van der Waals surface area contributed by atoms with Gasteiger partial charge in [0.2, 0.25) is 0 Å². The van der Waals surface area contributed by atoms with Crippen molar-refractivity contribution in [1.29, 1.82) is 0 Å². The van der Waals surface area contributed by atoms with Crippen molar-refractivity contribution in [3.8, 4) is 0 Å². The third-order valence-corrected chi connectivity index (χ3v) is 6.77. The predicted octanol–water partition coefficient (Wildman–Crippen LogP) is 4.50. The predicted molar refractivity (Wildman–Crippen MR) is 96.5 cm³/mol. The maximum absolute atomic E-state index is 4.07. The van der Waals surface area contributed by atoms with Gasteiger partial charge >= 0.3 is 0 Å². The van der Waals surface area contributed by atoms with Crippen molar-refractivity contribution < 1.29 is 0 Å². The Morgan fingerprint density at radius 2 is 1.48 bits per heavy atom. The van der Waals surface area contributed by atoms with E-state index in [2.05, 4.69) is 40.5 Å². The maximum Gasteiger partial charge on any atom is 0.0338 e. The topological polar surface area (TPSA) is 15.3 Å². The van der Waals surface area contributed by atoms with Gasteiger partial charge in [0.1, 0.15) is 0 Å². The van der Waals surface area contributed by atoms with Crippen LogP contribution in [0.25, 0.3) is 0 Å². The molecule has 0 atom stereocenters. The lowest BCUT2D eigenvalue weighted by Gasteiger charge is -2.57. The Balaban J connectivity index is 1.57. The summed E-state index contributed by atoms with van der Waals surface area (Å²) in [5.74, 6) is 0. The molecule has 1 aliphatic heterocycles. The molecular weight excluding hydrogens is 280 g/mol. The molecule has 0 unspecified atom stereocenters. The first-order chi connectivity index (χ1) is 11.3. The molecule has 2 aliphatic carbocycles. The number of piperazine rings is 1. The summed E-state index contributed by atoms with van der Waals surface area (Å²) in [6.45, 7) is 3.63. The average molecular weight is 313 g/mol. The van der Waals surface area contributed by atoms with Crippen molar-refractivity contribution in [2.75, 3.05) is 13.1 Å². The summed E-state index contributed by atoms with van der Waals surface area (Å²) < 4.78 is 0. The van der Waals surface area contributed by atoms with Gasteiger partial charge < -0.3 is 5.32 Å². The first-order valence-corrected chi connectivity index (χ1v) is 9.85. The highest BCUT2D eigenvalue weighted by Crippen LogP contribution is 2.41. The summed E-state index contributed by atoms with van der Waals surface area (Å²) in [4.78, 5) is 2.89. The van der Waals surface area contributed by atoms with Crippen LogP contribution in [0.15, 0.2) is 30.3 Å². The molecule has 2 saturated carbocycles. The number of hydrogen-bond donors (Lipinski definition) is 1. The fourth-order valence-corrected chi connectivity index (χ4v) is 5.35. The SMILES string of the molecule is c1ccc(CN2CC3(CCCCC3)NCC23CCCCC3)cc1. The first kappa shape index (κ1) is 15.7. The Hall–Kier alpha value is -0.860. The van der Waals surface area contributed by atoms with Crippen LogP contribution in [0.3, 0.4) is 0 Å². The minimum absolute atomic E-state index is 0.412. The molecule has 4 rings (SSSR count). The highest BCUT2D eigenvalue weighted by Gasteiger charge is 2.47. The summed E-state index contributed by atoms with van der Waals surface area (Å²) >= 11 is 0. The van der Waals surface area contributed by atoms with Crippen LogP contribution < -0.4 is 5.32 Å². The fourth-order valence-electron chi connectivity index (χ4n) is 5.35. The molecule has 1 heterocycles. The number of benzene rings is 1. The second-order valence-corrected chi connectivity index (χ2v) is 8.32. The molecule has 23 heavy (non-hydrogen) atoms. The lowest BCUT2D eigenvalue weighted by Crippen LogP contribution is -2.70. The molecule has 0 aromatic heterocycles. The molecule has 0 bridgehead atoms. The molecule has 126 valence electrons. The zero-order valence-corrected chi connectivity index (χ0v) is 14.5. The molecule has 1 N–H and O–H groups in total. The normalized spacial score (nSPS) is 27.3. The second kappa shape index (κ2) is 6.57. The van der Waals surface area contributed by atoms with Gasteiger partial charge in [-0.2, -0.15) is 0 Å². The van der Waals surface area contributed by atoms with Gasteiger partial charge in [-0.1, -0.05) is 68.9 Å². The number of rotatable bonds is 2. The molecule has 1 aromatic rings. The van der Waals surface area contributed by atoms with E-state index in [1.807, 2.05) is 0 Å². The van der Waals surface area contributed by atoms with E-state index in [-0.39, 0.29) is 0 Å². The van der Waals surface area contributed by atoms with E-state index >= 15 is 0 Å². The van der Waals surface area contributed by atoms with Crippen molar-refractivity contribution in [3.05, 3.63) is 35.9 Å². The highest BCUT2D eigenvalue weighted by atomic mass is 15.3. The lowest BCUT2D eigenvalue weighted by molar-refractivity contribution is -0.0353. The van der Waals surface area contributed by atoms with E-state index < -0.39 is 0 Å². The van der Waals surface area contributed by atoms with E-state index in [9.17, 15) is 0 Å². The van der Waals surface area contributed by atoms with Crippen molar-refractivity contribution in [1.82, 2.24) is 10.2 Å². The van der Waals surface area contributed by atoms with Crippen LogP contribution in [-0.4, -0.2) is 29.1 Å². The molecule has 2 spiro atoms. The monoisotopic (exact) mass is 312 g/mol. The standard InChI is InChI=1S/C21H32N2/c1-4-10-19(11-5-1)16-23-18-20(12-6-2-7-13-20)22-17-21(23)14-8-3-9-15-21/h1,4-5,10-11,22H,2-3,6-9,12-18H2. The maximum atomic E-state index is 4.07. The minimum atomic E-state index is 0.412. The van der Waals surface area contributed by atoms with Gasteiger partial charge in [-0.15, -0.1) is 0 Å². The van der Waals surface area contributed by atoms with Crippen LogP contribution in [-0.2, 0) is 6.54 Å². The van der Waals surface area contributed by atoms with Crippen LogP contribution in [0, 0.1) is 0 Å². The van der Waals surface area contributed by atoms with Crippen LogP contribution in [0.1, 0.15) is 69.8 Å². The third kappa shape index (κ3) is 3.21. The molecule has 3 fully saturated rings. The molecular formula is C21H32N2. The van der Waals surface area contributed by atoms with Gasteiger partial charge in [-0.05, 0) is 31.2 Å². The van der Waals surface area contributed by atoms with Crippen LogP contribution in [0.5, 0.6) is 0 Å². The summed E-state index contributed by atoms with van der Waals surface area (Å²) in [5, 5.41) is 4.07. The van der Waals surface area contributed by atoms with Gasteiger partial charge in [0.25, 0.3) is 0 Å². The van der Waals surface area contributed by atoms with Gasteiger partial charge in [0.05, 0.1) is 0 Å². The largest absolute Gasteiger partial charge is 0.308 e. The molecule has 1 aromatic carbocycles. The summed E-state index contributed by atoms with van der Waals surface area (Å²) in [6.07, 6.45) is 14.1. The van der Waals surface area contributed by atoms with Crippen molar-refractivity contribution >= 4 is 0 Å². The van der Waals surface area contributed by atoms with Crippen molar-refractivity contribution in [2.24, 2.45) is 0 Å². The van der Waals surface area contributed by atoms with E-state index in [1.165, 1.54) is 82.9 Å². The van der Waals surface area contributed by atoms with Gasteiger partial charge in [-0.3, -0.25) is 4.90 Å². The van der Waals surface area contributed by atoms with Crippen LogP contribution >= 0.6 is 0 Å². The Kier molecular flexibility index (Phi) is 4.47. The zero-order chi connectivity index (χ0) is 15.6. The minimum Gasteiger partial charge on any atom is -0.308 e. The number of nitrogens with zero attached hydrogens (tertiary/aromatic N) is 1. The second-order valence-electron chi connectivity index (χ2n) is 8.32. The average Bonchev–Trinajstić information content (AvgIpc) is 2.61. The van der Waals surface area contributed by atoms with E-state index in [0.29, 0.717) is 11.1 Å². The van der Waals surface area contributed by atoms with Crippen LogP contribution in [0.4, 0.5) is 0 Å². The van der Waals surface area contributed by atoms with Gasteiger partial charge in [-0.25, -0.2) is 0 Å². The quantitative estimate of drug-likeness (QED) is 0.865. The fraction of sp³-hybridized carbons (Fsp3) is 0.714. The molecule has 0 amide bonds. The smallest absolute Gasteiger partial charge is 0.0338 e. The van der Waals surface area contributed by atoms with Crippen molar-refractivity contribution in [2.45, 2.75) is 81.8 Å². The van der Waals surface area contributed by atoms with Crippen LogP contribution in [0.2, 0.25) is 0 Å². The highest BCUT2D eigenvalue weighted by molar-refractivity contribution is 5.17. The summed E-state index contributed by atoms with van der Waals surface area (Å²) in [5.41, 5.74) is 2.33. The third-order valence-electron chi connectivity index (χ3n) is 6.77. The molecule has 1 saturated heterocycles. The first-order valence-electron chi connectivity index (χ1n) is 9.85.